The number of nitrogens with one attached hydrogen (secondary N) is 1. The Hall–Kier alpha value is -2.74. The number of aliphatic carboxylic acids is 1. The van der Waals surface area contributed by atoms with E-state index in [9.17, 15) is 14.7 Å². The van der Waals surface area contributed by atoms with E-state index in [0.717, 1.165) is 5.56 Å². The average molecular weight is 331 g/mol. The van der Waals surface area contributed by atoms with Crippen LogP contribution < -0.4 is 5.32 Å². The summed E-state index contributed by atoms with van der Waals surface area (Å²) in [6.45, 7) is 0.295. The molecule has 0 aliphatic carbocycles. The Morgan fingerprint density at radius 2 is 2.04 bits per heavy atom. The van der Waals surface area contributed by atoms with Gasteiger partial charge in [-0.3, -0.25) is 4.79 Å². The van der Waals surface area contributed by atoms with Crippen molar-refractivity contribution >= 4 is 11.9 Å². The Morgan fingerprint density at radius 3 is 2.71 bits per heavy atom. The first-order valence-electron chi connectivity index (χ1n) is 7.59. The van der Waals surface area contributed by atoms with Gasteiger partial charge in [-0.1, -0.05) is 18.2 Å². The molecule has 0 saturated carbocycles. The summed E-state index contributed by atoms with van der Waals surface area (Å²) in [6.07, 6.45) is 0.556. The summed E-state index contributed by atoms with van der Waals surface area (Å²) in [5.74, 6) is -0.756. The number of aryl methyl sites for hydroxylation is 1. The average Bonchev–Trinajstić information content (AvgIpc) is 3.24. The third-order valence-electron chi connectivity index (χ3n) is 3.86. The third kappa shape index (κ3) is 3.43. The first-order valence-corrected chi connectivity index (χ1v) is 7.59. The van der Waals surface area contributed by atoms with Gasteiger partial charge in [-0.05, 0) is 12.1 Å². The van der Waals surface area contributed by atoms with Gasteiger partial charge in [-0.2, -0.15) is 0 Å². The summed E-state index contributed by atoms with van der Waals surface area (Å²) in [4.78, 5) is 23.4. The van der Waals surface area contributed by atoms with E-state index in [1.54, 1.807) is 0 Å². The Morgan fingerprint density at radius 1 is 1.25 bits per heavy atom. The lowest BCUT2D eigenvalue weighted by atomic mass is 9.98. The fraction of sp³-hybridized carbons (Fsp3) is 0.375. The first kappa shape index (κ1) is 16.1. The Balaban J connectivity index is 1.57. The van der Waals surface area contributed by atoms with Crippen LogP contribution in [-0.4, -0.2) is 45.9 Å². The molecule has 2 aromatic rings. The molecule has 8 heteroatoms. The molecule has 1 unspecified atom stereocenters. The number of aromatic nitrogens is 2. The molecular weight excluding hydrogens is 314 g/mol. The number of carboxylic acids is 1. The molecule has 2 heterocycles. The standard InChI is InChI=1S/C16H17N3O5/c20-12(17-16(15(21)22)8-9-23-10-16)6-7-13-18-19-14(24-13)11-4-2-1-3-5-11/h1-5H,6-10H2,(H,17,20)(H,21,22). The second-order valence-corrected chi connectivity index (χ2v) is 5.61. The molecule has 1 aromatic carbocycles. The molecule has 1 atom stereocenters. The normalized spacial score (nSPS) is 20.0. The fourth-order valence-electron chi connectivity index (χ4n) is 2.49. The van der Waals surface area contributed by atoms with Gasteiger partial charge in [-0.25, -0.2) is 4.79 Å². The second kappa shape index (κ2) is 6.79. The minimum absolute atomic E-state index is 0.0210. The van der Waals surface area contributed by atoms with Crippen molar-refractivity contribution in [1.82, 2.24) is 15.5 Å². The monoisotopic (exact) mass is 331 g/mol. The van der Waals surface area contributed by atoms with Crippen molar-refractivity contribution in [3.63, 3.8) is 0 Å². The highest BCUT2D eigenvalue weighted by molar-refractivity contribution is 5.87. The van der Waals surface area contributed by atoms with Gasteiger partial charge in [0.05, 0.1) is 6.61 Å². The van der Waals surface area contributed by atoms with E-state index >= 15 is 0 Å². The van der Waals surface area contributed by atoms with Gasteiger partial charge in [0.25, 0.3) is 0 Å². The lowest BCUT2D eigenvalue weighted by molar-refractivity contribution is -0.147. The summed E-state index contributed by atoms with van der Waals surface area (Å²) in [6, 6.07) is 9.31. The van der Waals surface area contributed by atoms with Crippen molar-refractivity contribution in [2.75, 3.05) is 13.2 Å². The number of ether oxygens (including phenoxy) is 1. The SMILES string of the molecule is O=C(CCc1nnc(-c2ccccc2)o1)NC1(C(=O)O)CCOC1. The predicted octanol–water partition coefficient (Wildman–Crippen LogP) is 1.03. The van der Waals surface area contributed by atoms with Crippen LogP contribution in [0.15, 0.2) is 34.7 Å². The van der Waals surface area contributed by atoms with Gasteiger partial charge >= 0.3 is 5.97 Å². The van der Waals surface area contributed by atoms with Gasteiger partial charge in [0.2, 0.25) is 17.7 Å². The Kier molecular flexibility index (Phi) is 4.57. The second-order valence-electron chi connectivity index (χ2n) is 5.61. The van der Waals surface area contributed by atoms with Crippen molar-refractivity contribution in [1.29, 1.82) is 0 Å². The van der Waals surface area contributed by atoms with E-state index < -0.39 is 11.5 Å². The summed E-state index contributed by atoms with van der Waals surface area (Å²) in [5.41, 5.74) is -0.533. The molecular formula is C16H17N3O5. The van der Waals surface area contributed by atoms with Crippen molar-refractivity contribution in [2.24, 2.45) is 0 Å². The number of carbonyl (C=O) groups excluding carboxylic acids is 1. The molecule has 1 aromatic heterocycles. The van der Waals surface area contributed by atoms with Crippen LogP contribution in [0.25, 0.3) is 11.5 Å². The van der Waals surface area contributed by atoms with Gasteiger partial charge in [-0.15, -0.1) is 10.2 Å². The molecule has 0 bridgehead atoms. The predicted molar refractivity (Wildman–Crippen MR) is 82.0 cm³/mol. The van der Waals surface area contributed by atoms with Crippen molar-refractivity contribution in [2.45, 2.75) is 24.8 Å². The summed E-state index contributed by atoms with van der Waals surface area (Å²) >= 11 is 0. The van der Waals surface area contributed by atoms with Gasteiger partial charge in [0.1, 0.15) is 0 Å². The van der Waals surface area contributed by atoms with Crippen LogP contribution >= 0.6 is 0 Å². The van der Waals surface area contributed by atoms with Gasteiger partial charge in [0.15, 0.2) is 5.54 Å². The molecule has 1 fully saturated rings. The number of hydrogen-bond donors (Lipinski definition) is 2. The molecule has 24 heavy (non-hydrogen) atoms. The zero-order valence-corrected chi connectivity index (χ0v) is 12.9. The van der Waals surface area contributed by atoms with E-state index in [-0.39, 0.29) is 31.8 Å². The highest BCUT2D eigenvalue weighted by atomic mass is 16.5. The molecule has 2 N–H and O–H groups in total. The highest BCUT2D eigenvalue weighted by Gasteiger charge is 2.43. The lowest BCUT2D eigenvalue weighted by Gasteiger charge is -2.23. The quantitative estimate of drug-likeness (QED) is 0.812. The van der Waals surface area contributed by atoms with Crippen molar-refractivity contribution in [3.05, 3.63) is 36.2 Å². The van der Waals surface area contributed by atoms with E-state index in [4.69, 9.17) is 9.15 Å². The number of nitrogens with zero attached hydrogens (tertiary/aromatic N) is 2. The summed E-state index contributed by atoms with van der Waals surface area (Å²) in [7, 11) is 0. The van der Waals surface area contributed by atoms with Crippen LogP contribution in [0.4, 0.5) is 0 Å². The summed E-state index contributed by atoms with van der Waals surface area (Å²) < 4.78 is 10.6. The van der Waals surface area contributed by atoms with E-state index in [1.165, 1.54) is 0 Å². The third-order valence-corrected chi connectivity index (χ3v) is 3.86. The van der Waals surface area contributed by atoms with Crippen LogP contribution in [0.5, 0.6) is 0 Å². The topological polar surface area (TPSA) is 115 Å². The van der Waals surface area contributed by atoms with Crippen LogP contribution in [-0.2, 0) is 20.7 Å². The molecule has 1 amide bonds. The van der Waals surface area contributed by atoms with Crippen LogP contribution in [0, 0.1) is 0 Å². The number of rotatable bonds is 6. The molecule has 1 aliphatic rings. The van der Waals surface area contributed by atoms with Crippen LogP contribution in [0.1, 0.15) is 18.7 Å². The zero-order valence-electron chi connectivity index (χ0n) is 12.9. The maximum Gasteiger partial charge on any atom is 0.331 e. The van der Waals surface area contributed by atoms with E-state index in [0.29, 0.717) is 18.4 Å². The van der Waals surface area contributed by atoms with Crippen LogP contribution in [0.3, 0.4) is 0 Å². The molecule has 3 rings (SSSR count). The summed E-state index contributed by atoms with van der Waals surface area (Å²) in [5, 5.41) is 19.7. The maximum absolute atomic E-state index is 12.0. The molecule has 0 spiro atoms. The maximum atomic E-state index is 12.0. The number of benzene rings is 1. The van der Waals surface area contributed by atoms with E-state index in [2.05, 4.69) is 15.5 Å². The lowest BCUT2D eigenvalue weighted by Crippen LogP contribution is -2.55. The molecule has 1 aliphatic heterocycles. The largest absolute Gasteiger partial charge is 0.479 e. The highest BCUT2D eigenvalue weighted by Crippen LogP contribution is 2.20. The smallest absolute Gasteiger partial charge is 0.331 e. The number of hydrogen-bond acceptors (Lipinski definition) is 6. The molecule has 0 radical (unpaired) electrons. The van der Waals surface area contributed by atoms with Gasteiger partial charge < -0.3 is 19.6 Å². The fourth-order valence-corrected chi connectivity index (χ4v) is 2.49. The number of amides is 1. The van der Waals surface area contributed by atoms with Crippen molar-refractivity contribution in [3.8, 4) is 11.5 Å². The minimum Gasteiger partial charge on any atom is -0.479 e. The number of carbonyl (C=O) groups is 2. The first-order chi connectivity index (χ1) is 11.6. The molecule has 1 saturated heterocycles. The van der Waals surface area contributed by atoms with Crippen molar-refractivity contribution < 1.29 is 23.8 Å². The van der Waals surface area contributed by atoms with Gasteiger partial charge in [0, 0.05) is 31.4 Å². The number of carboxylic acid groups (broad SMARTS) is 1. The minimum atomic E-state index is -1.33. The Labute approximate surface area is 137 Å². The Bertz CT molecular complexity index is 722. The zero-order chi connectivity index (χ0) is 17.0. The molecule has 8 nitrogen and oxygen atoms in total. The molecule has 126 valence electrons. The van der Waals surface area contributed by atoms with E-state index in [1.807, 2.05) is 30.3 Å². The van der Waals surface area contributed by atoms with Crippen LogP contribution in [0.2, 0.25) is 0 Å².